The summed E-state index contributed by atoms with van der Waals surface area (Å²) in [6.45, 7) is 0. The highest BCUT2D eigenvalue weighted by Gasteiger charge is 2.34. The third-order valence-corrected chi connectivity index (χ3v) is 5.58. The summed E-state index contributed by atoms with van der Waals surface area (Å²) >= 11 is 0. The number of fused-ring (bicyclic) bond motifs is 1. The number of nitrogens with two attached hydrogens (primary N) is 1. The fourth-order valence-electron chi connectivity index (χ4n) is 3.90. The van der Waals surface area contributed by atoms with E-state index in [1.807, 2.05) is 22.8 Å². The summed E-state index contributed by atoms with van der Waals surface area (Å²) in [5.74, 6) is 0. The molecule has 0 bridgehead atoms. The normalized spacial score (nSPS) is 15.7. The molecular weight excluding hydrogens is 318 g/mol. The van der Waals surface area contributed by atoms with Crippen LogP contribution in [0.15, 0.2) is 79.0 Å². The topological polar surface area (TPSA) is 43.3 Å². The van der Waals surface area contributed by atoms with Crippen LogP contribution in [0.25, 0.3) is 27.9 Å². The molecule has 2 aromatic carbocycles. The summed E-state index contributed by atoms with van der Waals surface area (Å²) < 4.78 is 1.96. The van der Waals surface area contributed by atoms with Crippen LogP contribution in [-0.2, 0) is 5.54 Å². The second-order valence-electron chi connectivity index (χ2n) is 7.21. The average Bonchev–Trinajstić information content (AvgIpc) is 3.06. The molecule has 0 amide bonds. The first-order valence-electron chi connectivity index (χ1n) is 9.17. The first kappa shape index (κ1) is 15.4. The molecule has 2 N–H and O–H groups in total. The van der Waals surface area contributed by atoms with E-state index in [1.165, 1.54) is 23.1 Å². The highest BCUT2D eigenvalue weighted by atomic mass is 15.2. The number of benzene rings is 2. The molecular formula is C23H21N3. The Morgan fingerprint density at radius 2 is 1.54 bits per heavy atom. The van der Waals surface area contributed by atoms with E-state index in [9.17, 15) is 0 Å². The molecule has 4 aromatic rings. The van der Waals surface area contributed by atoms with Crippen molar-refractivity contribution in [2.24, 2.45) is 5.73 Å². The number of hydrogen-bond donors (Lipinski definition) is 1. The lowest BCUT2D eigenvalue weighted by Gasteiger charge is -2.38. The van der Waals surface area contributed by atoms with Crippen molar-refractivity contribution in [3.05, 3.63) is 84.6 Å². The summed E-state index contributed by atoms with van der Waals surface area (Å²) in [6, 6.07) is 25.3. The summed E-state index contributed by atoms with van der Waals surface area (Å²) in [6.07, 6.45) is 5.39. The van der Waals surface area contributed by atoms with Gasteiger partial charge in [-0.2, -0.15) is 5.10 Å². The molecule has 0 saturated heterocycles. The van der Waals surface area contributed by atoms with Gasteiger partial charge < -0.3 is 5.73 Å². The third-order valence-electron chi connectivity index (χ3n) is 5.58. The number of nitrogens with zero attached hydrogens (tertiary/aromatic N) is 2. The van der Waals surface area contributed by atoms with Crippen LogP contribution in [0.2, 0.25) is 0 Å². The second kappa shape index (κ2) is 5.82. The van der Waals surface area contributed by atoms with Crippen molar-refractivity contribution < 1.29 is 0 Å². The van der Waals surface area contributed by atoms with Gasteiger partial charge in [-0.1, -0.05) is 60.7 Å². The van der Waals surface area contributed by atoms with E-state index in [4.69, 9.17) is 10.8 Å². The Bertz CT molecular complexity index is 1060. The number of rotatable bonds is 3. The van der Waals surface area contributed by atoms with Crippen LogP contribution < -0.4 is 5.73 Å². The molecule has 1 aliphatic carbocycles. The van der Waals surface area contributed by atoms with Crippen molar-refractivity contribution in [3.63, 3.8) is 0 Å². The molecule has 0 radical (unpaired) electrons. The Balaban J connectivity index is 1.67. The van der Waals surface area contributed by atoms with Gasteiger partial charge in [-0.05, 0) is 42.5 Å². The lowest BCUT2D eigenvalue weighted by atomic mass is 9.72. The maximum atomic E-state index is 6.48. The zero-order valence-electron chi connectivity index (χ0n) is 14.6. The minimum absolute atomic E-state index is 0.125. The molecule has 26 heavy (non-hydrogen) atoms. The fraction of sp³-hybridized carbons (Fsp3) is 0.174. The molecule has 0 aliphatic heterocycles. The van der Waals surface area contributed by atoms with Crippen LogP contribution in [0.1, 0.15) is 24.8 Å². The summed E-state index contributed by atoms with van der Waals surface area (Å²) in [5, 5.41) is 4.87. The monoisotopic (exact) mass is 339 g/mol. The molecule has 128 valence electrons. The van der Waals surface area contributed by atoms with E-state index in [0.717, 1.165) is 29.6 Å². The minimum Gasteiger partial charge on any atom is -0.321 e. The maximum Gasteiger partial charge on any atom is 0.101 e. The summed E-state index contributed by atoms with van der Waals surface area (Å²) in [7, 11) is 0. The number of hydrogen-bond acceptors (Lipinski definition) is 2. The molecule has 3 heteroatoms. The van der Waals surface area contributed by atoms with Gasteiger partial charge in [0.05, 0.1) is 5.52 Å². The molecule has 3 nitrogen and oxygen atoms in total. The quantitative estimate of drug-likeness (QED) is 0.570. The molecule has 1 fully saturated rings. The summed E-state index contributed by atoms with van der Waals surface area (Å²) in [5.41, 5.74) is 13.2. The first-order chi connectivity index (χ1) is 12.7. The van der Waals surface area contributed by atoms with Crippen molar-refractivity contribution >= 4 is 5.52 Å². The molecule has 0 unspecified atom stereocenters. The molecule has 0 spiro atoms. The highest BCUT2D eigenvalue weighted by Crippen LogP contribution is 2.40. The van der Waals surface area contributed by atoms with Crippen LogP contribution in [0.4, 0.5) is 0 Å². The zero-order chi connectivity index (χ0) is 17.6. The van der Waals surface area contributed by atoms with Gasteiger partial charge in [-0.3, -0.25) is 0 Å². The minimum atomic E-state index is -0.125. The van der Waals surface area contributed by atoms with E-state index < -0.39 is 0 Å². The average molecular weight is 339 g/mol. The van der Waals surface area contributed by atoms with Crippen molar-refractivity contribution in [2.45, 2.75) is 24.8 Å². The van der Waals surface area contributed by atoms with E-state index >= 15 is 0 Å². The highest BCUT2D eigenvalue weighted by molar-refractivity contribution is 5.92. The maximum absolute atomic E-state index is 6.48. The van der Waals surface area contributed by atoms with Crippen LogP contribution in [0.3, 0.4) is 0 Å². The smallest absolute Gasteiger partial charge is 0.101 e. The van der Waals surface area contributed by atoms with E-state index in [-0.39, 0.29) is 5.54 Å². The van der Waals surface area contributed by atoms with Crippen molar-refractivity contribution in [1.82, 2.24) is 9.61 Å². The zero-order valence-corrected chi connectivity index (χ0v) is 14.6. The van der Waals surface area contributed by atoms with Crippen LogP contribution in [0, 0.1) is 0 Å². The van der Waals surface area contributed by atoms with Crippen molar-refractivity contribution in [3.8, 4) is 22.4 Å². The molecule has 0 atom stereocenters. The van der Waals surface area contributed by atoms with E-state index in [2.05, 4.69) is 60.7 Å². The standard InChI is InChI=1S/C23H21N3/c24-23(14-6-15-23)19-12-10-18(11-13-19)22-21(17-7-2-1-3-8-17)20-9-4-5-16-26(20)25-22/h1-5,7-13,16H,6,14-15,24H2. The molecule has 5 rings (SSSR count). The lowest BCUT2D eigenvalue weighted by Crippen LogP contribution is -2.43. The Kier molecular flexibility index (Phi) is 3.44. The Morgan fingerprint density at radius 1 is 0.808 bits per heavy atom. The van der Waals surface area contributed by atoms with E-state index in [1.54, 1.807) is 0 Å². The Hall–Kier alpha value is -2.91. The number of aromatic nitrogens is 2. The SMILES string of the molecule is NC1(c2ccc(-c3nn4ccccc4c3-c3ccccc3)cc2)CCC1. The Labute approximate surface area is 153 Å². The predicted molar refractivity (Wildman–Crippen MR) is 106 cm³/mol. The van der Waals surface area contributed by atoms with Crippen molar-refractivity contribution in [1.29, 1.82) is 0 Å². The predicted octanol–water partition coefficient (Wildman–Crippen LogP) is 5.01. The largest absolute Gasteiger partial charge is 0.321 e. The second-order valence-corrected chi connectivity index (χ2v) is 7.21. The lowest BCUT2D eigenvalue weighted by molar-refractivity contribution is 0.253. The van der Waals surface area contributed by atoms with Crippen LogP contribution in [0.5, 0.6) is 0 Å². The van der Waals surface area contributed by atoms with Gasteiger partial charge >= 0.3 is 0 Å². The van der Waals surface area contributed by atoms with Gasteiger partial charge in [0.15, 0.2) is 0 Å². The van der Waals surface area contributed by atoms with Gasteiger partial charge in [-0.15, -0.1) is 0 Å². The summed E-state index contributed by atoms with van der Waals surface area (Å²) in [4.78, 5) is 0. The van der Waals surface area contributed by atoms with Crippen molar-refractivity contribution in [2.75, 3.05) is 0 Å². The van der Waals surface area contributed by atoms with Gasteiger partial charge in [0.25, 0.3) is 0 Å². The Morgan fingerprint density at radius 3 is 2.23 bits per heavy atom. The first-order valence-corrected chi connectivity index (χ1v) is 9.17. The fourth-order valence-corrected chi connectivity index (χ4v) is 3.90. The molecule has 1 saturated carbocycles. The van der Waals surface area contributed by atoms with Crippen LogP contribution >= 0.6 is 0 Å². The molecule has 2 aromatic heterocycles. The number of pyridine rings is 1. The van der Waals surface area contributed by atoms with Gasteiger partial charge in [-0.25, -0.2) is 4.52 Å². The van der Waals surface area contributed by atoms with Gasteiger partial charge in [0.2, 0.25) is 0 Å². The third kappa shape index (κ3) is 2.36. The van der Waals surface area contributed by atoms with E-state index in [0.29, 0.717) is 0 Å². The molecule has 2 heterocycles. The van der Waals surface area contributed by atoms with Crippen LogP contribution in [-0.4, -0.2) is 9.61 Å². The van der Waals surface area contributed by atoms with Gasteiger partial charge in [0, 0.05) is 22.9 Å². The molecule has 1 aliphatic rings. The van der Waals surface area contributed by atoms with Gasteiger partial charge in [0.1, 0.15) is 5.69 Å².